The molecule has 1 heterocycles. The molecule has 1 aromatic heterocycles. The van der Waals surface area contributed by atoms with Gasteiger partial charge in [-0.1, -0.05) is 0 Å². The van der Waals surface area contributed by atoms with Crippen molar-refractivity contribution in [2.45, 2.75) is 0 Å². The molecule has 2 aromatic rings. The minimum atomic E-state index is -0.220. The summed E-state index contributed by atoms with van der Waals surface area (Å²) < 4.78 is 10.3. The number of rotatable bonds is 4. The number of benzene rings is 1. The van der Waals surface area contributed by atoms with Gasteiger partial charge < -0.3 is 15.2 Å². The number of ketones is 1. The molecule has 0 saturated carbocycles. The fraction of sp³-hybridized carbons (Fsp3) is 0.167. The zero-order valence-electron chi connectivity index (χ0n) is 9.97. The van der Waals surface area contributed by atoms with Crippen LogP contribution in [0.4, 0.5) is 5.13 Å². The monoisotopic (exact) mass is 264 g/mol. The Labute approximate surface area is 108 Å². The van der Waals surface area contributed by atoms with Gasteiger partial charge in [0, 0.05) is 11.4 Å². The van der Waals surface area contributed by atoms with Crippen LogP contribution in [0, 0.1) is 0 Å². The number of aromatic nitrogens is 1. The first-order valence-electron chi connectivity index (χ1n) is 5.13. The van der Waals surface area contributed by atoms with Gasteiger partial charge in [-0.05, 0) is 12.1 Å². The molecule has 0 amide bonds. The highest BCUT2D eigenvalue weighted by Crippen LogP contribution is 2.27. The summed E-state index contributed by atoms with van der Waals surface area (Å²) in [6.45, 7) is 0. The molecule has 5 nitrogen and oxygen atoms in total. The molecule has 0 aliphatic rings. The van der Waals surface area contributed by atoms with Crippen LogP contribution >= 0.6 is 11.3 Å². The standard InChI is InChI=1S/C12H12N2O3S/c1-16-7-3-4-8(10(5-7)17-2)11(15)9-6-18-12(13)14-9/h3-6H,1-2H3,(H2,13,14). The smallest absolute Gasteiger partial charge is 0.216 e. The maximum Gasteiger partial charge on any atom is 0.216 e. The van der Waals surface area contributed by atoms with Crippen molar-refractivity contribution in [2.75, 3.05) is 20.0 Å². The van der Waals surface area contributed by atoms with Crippen molar-refractivity contribution in [1.29, 1.82) is 0 Å². The van der Waals surface area contributed by atoms with E-state index in [2.05, 4.69) is 4.98 Å². The molecule has 2 N–H and O–H groups in total. The molecule has 0 spiro atoms. The van der Waals surface area contributed by atoms with E-state index < -0.39 is 0 Å². The van der Waals surface area contributed by atoms with E-state index in [1.807, 2.05) is 0 Å². The number of anilines is 1. The molecule has 2 rings (SSSR count). The fourth-order valence-corrected chi connectivity index (χ4v) is 2.06. The maximum atomic E-state index is 12.2. The van der Waals surface area contributed by atoms with Gasteiger partial charge in [-0.25, -0.2) is 4.98 Å². The van der Waals surface area contributed by atoms with Crippen LogP contribution in [-0.4, -0.2) is 25.0 Å². The number of nitrogens with zero attached hydrogens (tertiary/aromatic N) is 1. The SMILES string of the molecule is COc1ccc(C(=O)c2csc(N)n2)c(OC)c1. The minimum absolute atomic E-state index is 0.220. The molecule has 18 heavy (non-hydrogen) atoms. The number of methoxy groups -OCH3 is 2. The summed E-state index contributed by atoms with van der Waals surface area (Å²) in [5, 5.41) is 1.99. The number of ether oxygens (including phenoxy) is 2. The molecule has 0 fully saturated rings. The first-order valence-corrected chi connectivity index (χ1v) is 6.01. The molecule has 1 aromatic carbocycles. The van der Waals surface area contributed by atoms with Gasteiger partial charge in [-0.2, -0.15) is 0 Å². The number of thiazole rings is 1. The summed E-state index contributed by atoms with van der Waals surface area (Å²) in [6.07, 6.45) is 0. The highest BCUT2D eigenvalue weighted by molar-refractivity contribution is 7.13. The quantitative estimate of drug-likeness (QED) is 0.854. The molecule has 94 valence electrons. The lowest BCUT2D eigenvalue weighted by molar-refractivity contribution is 0.103. The minimum Gasteiger partial charge on any atom is -0.497 e. The summed E-state index contributed by atoms with van der Waals surface area (Å²) in [5.74, 6) is 0.856. The normalized spacial score (nSPS) is 10.1. The van der Waals surface area contributed by atoms with E-state index in [0.717, 1.165) is 0 Å². The van der Waals surface area contributed by atoms with E-state index in [4.69, 9.17) is 15.2 Å². The van der Waals surface area contributed by atoms with E-state index in [9.17, 15) is 4.79 Å². The zero-order chi connectivity index (χ0) is 13.1. The zero-order valence-corrected chi connectivity index (χ0v) is 10.8. The number of hydrogen-bond donors (Lipinski definition) is 1. The average molecular weight is 264 g/mol. The number of nitrogens with two attached hydrogens (primary N) is 1. The molecule has 0 saturated heterocycles. The predicted octanol–water partition coefficient (Wildman–Crippen LogP) is 1.97. The van der Waals surface area contributed by atoms with E-state index in [0.29, 0.717) is 27.9 Å². The van der Waals surface area contributed by atoms with Crippen LogP contribution in [0.3, 0.4) is 0 Å². The lowest BCUT2D eigenvalue weighted by Gasteiger charge is -2.08. The van der Waals surface area contributed by atoms with Gasteiger partial charge in [-0.15, -0.1) is 11.3 Å². The summed E-state index contributed by atoms with van der Waals surface area (Å²) >= 11 is 1.23. The molecule has 0 radical (unpaired) electrons. The van der Waals surface area contributed by atoms with Gasteiger partial charge in [0.1, 0.15) is 17.2 Å². The third kappa shape index (κ3) is 2.28. The van der Waals surface area contributed by atoms with E-state index in [-0.39, 0.29) is 5.78 Å². The number of nitrogen functional groups attached to an aromatic ring is 1. The average Bonchev–Trinajstić information content (AvgIpc) is 2.83. The van der Waals surface area contributed by atoms with Crippen LogP contribution in [0.25, 0.3) is 0 Å². The largest absolute Gasteiger partial charge is 0.497 e. The Bertz CT molecular complexity index is 580. The number of hydrogen-bond acceptors (Lipinski definition) is 6. The highest BCUT2D eigenvalue weighted by atomic mass is 32.1. The van der Waals surface area contributed by atoms with Crippen LogP contribution in [0.1, 0.15) is 16.1 Å². The second kappa shape index (κ2) is 5.05. The number of carbonyl (C=O) groups excluding carboxylic acids is 1. The van der Waals surface area contributed by atoms with Crippen molar-refractivity contribution >= 4 is 22.3 Å². The van der Waals surface area contributed by atoms with Crippen LogP contribution < -0.4 is 15.2 Å². The molecule has 0 atom stereocenters. The van der Waals surface area contributed by atoms with Gasteiger partial charge in [-0.3, -0.25) is 4.79 Å². The van der Waals surface area contributed by atoms with Crippen LogP contribution in [-0.2, 0) is 0 Å². The Morgan fingerprint density at radius 2 is 2.11 bits per heavy atom. The third-order valence-electron chi connectivity index (χ3n) is 2.41. The van der Waals surface area contributed by atoms with Gasteiger partial charge >= 0.3 is 0 Å². The van der Waals surface area contributed by atoms with Crippen LogP contribution in [0.5, 0.6) is 11.5 Å². The molecule has 0 aliphatic carbocycles. The molecule has 0 aliphatic heterocycles. The fourth-order valence-electron chi connectivity index (χ4n) is 1.52. The number of carbonyl (C=O) groups is 1. The lowest BCUT2D eigenvalue weighted by atomic mass is 10.1. The molecular weight excluding hydrogens is 252 g/mol. The van der Waals surface area contributed by atoms with Crippen molar-refractivity contribution in [3.05, 3.63) is 34.8 Å². The van der Waals surface area contributed by atoms with Gasteiger partial charge in [0.25, 0.3) is 0 Å². The van der Waals surface area contributed by atoms with Crippen LogP contribution in [0.2, 0.25) is 0 Å². The second-order valence-corrected chi connectivity index (χ2v) is 4.36. The van der Waals surface area contributed by atoms with E-state index in [1.165, 1.54) is 18.4 Å². The maximum absolute atomic E-state index is 12.2. The summed E-state index contributed by atoms with van der Waals surface area (Å²) in [4.78, 5) is 16.2. The Morgan fingerprint density at radius 3 is 2.67 bits per heavy atom. The summed E-state index contributed by atoms with van der Waals surface area (Å²) in [6, 6.07) is 5.00. The van der Waals surface area contributed by atoms with Gasteiger partial charge in [0.05, 0.1) is 19.8 Å². The van der Waals surface area contributed by atoms with E-state index >= 15 is 0 Å². The van der Waals surface area contributed by atoms with Crippen molar-refractivity contribution in [2.24, 2.45) is 0 Å². The Hall–Kier alpha value is -2.08. The second-order valence-electron chi connectivity index (χ2n) is 3.47. The van der Waals surface area contributed by atoms with E-state index in [1.54, 1.807) is 30.7 Å². The van der Waals surface area contributed by atoms with Crippen molar-refractivity contribution in [3.8, 4) is 11.5 Å². The first kappa shape index (κ1) is 12.4. The molecule has 0 bridgehead atoms. The van der Waals surface area contributed by atoms with Crippen molar-refractivity contribution < 1.29 is 14.3 Å². The Kier molecular flexibility index (Phi) is 3.47. The van der Waals surface area contributed by atoms with Gasteiger partial charge in [0.2, 0.25) is 5.78 Å². The third-order valence-corrected chi connectivity index (χ3v) is 3.08. The topological polar surface area (TPSA) is 74.4 Å². The Morgan fingerprint density at radius 1 is 1.33 bits per heavy atom. The molecule has 0 unspecified atom stereocenters. The Balaban J connectivity index is 2.41. The predicted molar refractivity (Wildman–Crippen MR) is 69.5 cm³/mol. The van der Waals surface area contributed by atoms with Gasteiger partial charge in [0.15, 0.2) is 5.13 Å². The highest BCUT2D eigenvalue weighted by Gasteiger charge is 2.17. The molecular formula is C12H12N2O3S. The first-order chi connectivity index (χ1) is 8.65. The lowest BCUT2D eigenvalue weighted by Crippen LogP contribution is -2.05. The molecule has 6 heteroatoms. The van der Waals surface area contributed by atoms with Crippen molar-refractivity contribution in [3.63, 3.8) is 0 Å². The van der Waals surface area contributed by atoms with Crippen molar-refractivity contribution in [1.82, 2.24) is 4.98 Å². The van der Waals surface area contributed by atoms with Crippen LogP contribution in [0.15, 0.2) is 23.6 Å². The summed E-state index contributed by atoms with van der Waals surface area (Å²) in [7, 11) is 3.05. The summed E-state index contributed by atoms with van der Waals surface area (Å²) in [5.41, 5.74) is 6.27.